The van der Waals surface area contributed by atoms with E-state index in [2.05, 4.69) is 41.1 Å². The summed E-state index contributed by atoms with van der Waals surface area (Å²) in [5.74, 6) is 2.36. The van der Waals surface area contributed by atoms with Crippen molar-refractivity contribution in [1.29, 1.82) is 0 Å². The molecule has 0 spiro atoms. The Morgan fingerprint density at radius 1 is 1.03 bits per heavy atom. The van der Waals surface area contributed by atoms with Crippen molar-refractivity contribution >= 4 is 41.0 Å². The lowest BCUT2D eigenvalue weighted by Gasteiger charge is -2.40. The van der Waals surface area contributed by atoms with Crippen LogP contribution in [0.1, 0.15) is 38.2 Å². The summed E-state index contributed by atoms with van der Waals surface area (Å²) in [6, 6.07) is 12.5. The fourth-order valence-corrected chi connectivity index (χ4v) is 6.21. The molecule has 192 valence electrons. The molecule has 7 nitrogen and oxygen atoms in total. The van der Waals surface area contributed by atoms with Gasteiger partial charge in [0.2, 0.25) is 11.8 Å². The molecule has 1 aliphatic carbocycles. The Kier molecular flexibility index (Phi) is 8.01. The predicted molar refractivity (Wildman–Crippen MR) is 143 cm³/mol. The van der Waals surface area contributed by atoms with E-state index in [1.54, 1.807) is 6.07 Å². The number of aromatic nitrogens is 2. The van der Waals surface area contributed by atoms with E-state index >= 15 is 0 Å². The van der Waals surface area contributed by atoms with Crippen molar-refractivity contribution in [3.05, 3.63) is 47.1 Å². The molecule has 2 aliphatic heterocycles. The van der Waals surface area contributed by atoms with Gasteiger partial charge >= 0.3 is 0 Å². The zero-order chi connectivity index (χ0) is 25.1. The second kappa shape index (κ2) is 11.4. The summed E-state index contributed by atoms with van der Waals surface area (Å²) in [5.41, 5.74) is 1.37. The molecule has 1 unspecified atom stereocenters. The number of rotatable bonds is 7. The zero-order valence-electron chi connectivity index (χ0n) is 20.8. The molecule has 1 aromatic heterocycles. The van der Waals surface area contributed by atoms with Gasteiger partial charge < -0.3 is 14.7 Å². The van der Waals surface area contributed by atoms with E-state index in [0.717, 1.165) is 57.6 Å². The highest BCUT2D eigenvalue weighted by atomic mass is 35.5. The lowest BCUT2D eigenvalue weighted by molar-refractivity contribution is -0.135. The van der Waals surface area contributed by atoms with Gasteiger partial charge in [-0.3, -0.25) is 9.59 Å². The van der Waals surface area contributed by atoms with E-state index in [1.165, 1.54) is 17.3 Å². The zero-order valence-corrected chi connectivity index (χ0v) is 22.4. The Balaban J connectivity index is 1.11. The van der Waals surface area contributed by atoms with Crippen LogP contribution in [0.2, 0.25) is 5.15 Å². The number of hydrogen-bond donors (Lipinski definition) is 0. The second-order valence-electron chi connectivity index (χ2n) is 10.2. The van der Waals surface area contributed by atoms with Gasteiger partial charge in [-0.15, -0.1) is 0 Å². The second-order valence-corrected chi connectivity index (χ2v) is 11.6. The smallest absolute Gasteiger partial charge is 0.233 e. The Labute approximate surface area is 222 Å². The number of hydrogen-bond acceptors (Lipinski definition) is 6. The minimum atomic E-state index is 0.128. The number of amides is 2. The highest BCUT2D eigenvalue weighted by Crippen LogP contribution is 2.33. The molecule has 5 rings (SSSR count). The van der Waals surface area contributed by atoms with Crippen molar-refractivity contribution in [2.75, 3.05) is 43.4 Å². The molecule has 1 saturated carbocycles. The molecule has 3 aliphatic rings. The molecule has 0 radical (unpaired) electrons. The van der Waals surface area contributed by atoms with Crippen LogP contribution in [0, 0.1) is 11.8 Å². The molecule has 2 amide bonds. The third-order valence-corrected chi connectivity index (χ3v) is 8.51. The third-order valence-electron chi connectivity index (χ3n) is 7.48. The van der Waals surface area contributed by atoms with E-state index < -0.39 is 0 Å². The standard InChI is InChI=1S/C27H34ClN5O2S/c1-19-17-32(13-14-33(19)26(35)22-7-8-22)24-16-23(28)29-27(30-24)36-18-25(34)31-11-9-21(10-12-31)15-20-5-3-2-4-6-20/h2-6,16,19,21-22H,7-15,17-18H2,1H3. The SMILES string of the molecule is CC1CN(c2cc(Cl)nc(SCC(=O)N3CCC(Cc4ccccc4)CC3)n2)CCN1C(=O)C1CC1. The van der Waals surface area contributed by atoms with E-state index in [4.69, 9.17) is 16.6 Å². The summed E-state index contributed by atoms with van der Waals surface area (Å²) in [5, 5.41) is 0.898. The Morgan fingerprint density at radius 2 is 1.78 bits per heavy atom. The van der Waals surface area contributed by atoms with Gasteiger partial charge in [0.1, 0.15) is 11.0 Å². The first-order valence-corrected chi connectivity index (χ1v) is 14.4. The van der Waals surface area contributed by atoms with Crippen LogP contribution in [0.15, 0.2) is 41.6 Å². The normalized spacial score (nSPS) is 21.1. The highest BCUT2D eigenvalue weighted by Gasteiger charge is 2.37. The van der Waals surface area contributed by atoms with Crippen molar-refractivity contribution in [3.63, 3.8) is 0 Å². The first-order valence-electron chi connectivity index (χ1n) is 13.0. The fourth-order valence-electron chi connectivity index (χ4n) is 5.22. The van der Waals surface area contributed by atoms with Gasteiger partial charge in [-0.1, -0.05) is 53.7 Å². The fraction of sp³-hybridized carbons (Fsp3) is 0.556. The summed E-state index contributed by atoms with van der Waals surface area (Å²) in [6.07, 6.45) is 5.21. The monoisotopic (exact) mass is 527 g/mol. The molecular formula is C27H34ClN5O2S. The number of likely N-dealkylation sites (tertiary alicyclic amines) is 1. The topological polar surface area (TPSA) is 69.6 Å². The molecule has 9 heteroatoms. The third kappa shape index (κ3) is 6.32. The largest absolute Gasteiger partial charge is 0.353 e. The van der Waals surface area contributed by atoms with E-state index in [-0.39, 0.29) is 17.9 Å². The van der Waals surface area contributed by atoms with Gasteiger partial charge in [-0.2, -0.15) is 0 Å². The Bertz CT molecular complexity index is 1080. The van der Waals surface area contributed by atoms with Crippen molar-refractivity contribution in [3.8, 4) is 0 Å². The molecule has 2 aromatic rings. The summed E-state index contributed by atoms with van der Waals surface area (Å²) < 4.78 is 0. The number of carbonyl (C=O) groups excluding carboxylic acids is 2. The molecule has 36 heavy (non-hydrogen) atoms. The summed E-state index contributed by atoms with van der Waals surface area (Å²) >= 11 is 7.68. The quantitative estimate of drug-likeness (QED) is 0.306. The molecule has 3 fully saturated rings. The number of piperidine rings is 1. The van der Waals surface area contributed by atoms with E-state index in [0.29, 0.717) is 41.0 Å². The van der Waals surface area contributed by atoms with Crippen molar-refractivity contribution in [1.82, 2.24) is 19.8 Å². The minimum absolute atomic E-state index is 0.128. The van der Waals surface area contributed by atoms with Gasteiger partial charge in [-0.05, 0) is 50.5 Å². The average Bonchev–Trinajstić information content (AvgIpc) is 3.73. The molecule has 0 N–H and O–H groups in total. The molecule has 0 bridgehead atoms. The van der Waals surface area contributed by atoms with Gasteiger partial charge in [0, 0.05) is 50.7 Å². The maximum absolute atomic E-state index is 12.9. The molecule has 1 atom stereocenters. The van der Waals surface area contributed by atoms with Crippen LogP contribution in [-0.2, 0) is 16.0 Å². The molecule has 3 heterocycles. The van der Waals surface area contributed by atoms with Gasteiger partial charge in [0.05, 0.1) is 5.75 Å². The number of nitrogens with zero attached hydrogens (tertiary/aromatic N) is 5. The van der Waals surface area contributed by atoms with Crippen LogP contribution in [0.5, 0.6) is 0 Å². The first-order chi connectivity index (χ1) is 17.5. The van der Waals surface area contributed by atoms with Crippen LogP contribution in [0.3, 0.4) is 0 Å². The van der Waals surface area contributed by atoms with Crippen molar-refractivity contribution in [2.24, 2.45) is 11.8 Å². The summed E-state index contributed by atoms with van der Waals surface area (Å²) in [4.78, 5) is 40.6. The maximum atomic E-state index is 12.9. The number of carbonyl (C=O) groups is 2. The van der Waals surface area contributed by atoms with Crippen LogP contribution in [0.25, 0.3) is 0 Å². The maximum Gasteiger partial charge on any atom is 0.233 e. The van der Waals surface area contributed by atoms with E-state index in [9.17, 15) is 9.59 Å². The number of piperazine rings is 1. The van der Waals surface area contributed by atoms with Gasteiger partial charge in [0.25, 0.3) is 0 Å². The van der Waals surface area contributed by atoms with Crippen LogP contribution < -0.4 is 4.90 Å². The molecular weight excluding hydrogens is 494 g/mol. The van der Waals surface area contributed by atoms with Crippen molar-refractivity contribution < 1.29 is 9.59 Å². The number of anilines is 1. The van der Waals surface area contributed by atoms with Crippen LogP contribution in [0.4, 0.5) is 5.82 Å². The van der Waals surface area contributed by atoms with Gasteiger partial charge in [-0.25, -0.2) is 9.97 Å². The van der Waals surface area contributed by atoms with Gasteiger partial charge in [0.15, 0.2) is 5.16 Å². The van der Waals surface area contributed by atoms with Crippen LogP contribution >= 0.6 is 23.4 Å². The molecule has 2 saturated heterocycles. The predicted octanol–water partition coefficient (Wildman–Crippen LogP) is 4.15. The lowest BCUT2D eigenvalue weighted by Crippen LogP contribution is -2.54. The van der Waals surface area contributed by atoms with Crippen molar-refractivity contribution in [2.45, 2.75) is 50.2 Å². The minimum Gasteiger partial charge on any atom is -0.353 e. The highest BCUT2D eigenvalue weighted by molar-refractivity contribution is 7.99. The summed E-state index contributed by atoms with van der Waals surface area (Å²) in [6.45, 7) is 5.83. The molecule has 1 aromatic carbocycles. The summed E-state index contributed by atoms with van der Waals surface area (Å²) in [7, 11) is 0. The first kappa shape index (κ1) is 25.3. The van der Waals surface area contributed by atoms with E-state index in [1.807, 2.05) is 15.9 Å². The Hall–Kier alpha value is -2.32. The average molecular weight is 528 g/mol. The number of benzene rings is 1. The number of thioether (sulfide) groups is 1. The Morgan fingerprint density at radius 3 is 2.47 bits per heavy atom. The lowest BCUT2D eigenvalue weighted by atomic mass is 9.90. The number of halogens is 1. The van der Waals surface area contributed by atoms with Crippen LogP contribution in [-0.4, -0.2) is 76.1 Å².